The molecule has 2 aromatic rings. The Kier molecular flexibility index (Phi) is 4.35. The Morgan fingerprint density at radius 3 is 2.64 bits per heavy atom. The van der Waals surface area contributed by atoms with Crippen LogP contribution < -0.4 is 0 Å². The number of ether oxygens (including phenoxy) is 1. The molecule has 0 saturated carbocycles. The maximum Gasteiger partial charge on any atom is 0.247 e. The number of thiophene rings is 1. The molecule has 3 heterocycles. The van der Waals surface area contributed by atoms with Gasteiger partial charge in [0, 0.05) is 25.3 Å². The summed E-state index contributed by atoms with van der Waals surface area (Å²) in [6.45, 7) is 5.61. The van der Waals surface area contributed by atoms with Gasteiger partial charge in [0.1, 0.15) is 10.6 Å². The van der Waals surface area contributed by atoms with Gasteiger partial charge in [-0.05, 0) is 25.3 Å². The van der Waals surface area contributed by atoms with Crippen LogP contribution in [0.15, 0.2) is 28.6 Å². The molecule has 6 nitrogen and oxygen atoms in total. The molecule has 0 aromatic carbocycles. The van der Waals surface area contributed by atoms with E-state index in [9.17, 15) is 8.42 Å². The summed E-state index contributed by atoms with van der Waals surface area (Å²) in [6, 6.07) is 3.91. The topological polar surface area (TPSA) is 64.4 Å². The standard InChI is InChI=1S/C14H19N3O3S2/c1-11(2)17-10-13(14(15-17)12-4-3-9-21-12)22(18,19)16-5-7-20-8-6-16/h3-4,9-11H,5-8H2,1-2H3. The van der Waals surface area contributed by atoms with Crippen molar-refractivity contribution in [2.24, 2.45) is 0 Å². The molecule has 0 unspecified atom stereocenters. The second-order valence-corrected chi connectivity index (χ2v) is 8.26. The summed E-state index contributed by atoms with van der Waals surface area (Å²) < 4.78 is 34.4. The predicted octanol–water partition coefficient (Wildman–Crippen LogP) is 2.21. The molecule has 1 aliphatic heterocycles. The van der Waals surface area contributed by atoms with Crippen LogP contribution in [0.5, 0.6) is 0 Å². The van der Waals surface area contributed by atoms with Crippen LogP contribution in [0, 0.1) is 0 Å². The lowest BCUT2D eigenvalue weighted by molar-refractivity contribution is 0.0730. The molecule has 0 radical (unpaired) electrons. The molecule has 2 aromatic heterocycles. The molecule has 1 fully saturated rings. The summed E-state index contributed by atoms with van der Waals surface area (Å²) >= 11 is 1.49. The van der Waals surface area contributed by atoms with E-state index in [-0.39, 0.29) is 10.9 Å². The maximum atomic E-state index is 13.0. The molecule has 0 aliphatic carbocycles. The van der Waals surface area contributed by atoms with Gasteiger partial charge in [0.15, 0.2) is 0 Å². The Hall–Kier alpha value is -1.22. The first-order valence-corrected chi connectivity index (χ1v) is 9.53. The molecule has 22 heavy (non-hydrogen) atoms. The lowest BCUT2D eigenvalue weighted by Gasteiger charge is -2.25. The molecule has 0 N–H and O–H groups in total. The van der Waals surface area contributed by atoms with Crippen LogP contribution in [0.1, 0.15) is 19.9 Å². The Labute approximate surface area is 134 Å². The van der Waals surface area contributed by atoms with E-state index in [4.69, 9.17) is 4.74 Å². The number of morpholine rings is 1. The Balaban J connectivity index is 2.08. The highest BCUT2D eigenvalue weighted by molar-refractivity contribution is 7.89. The zero-order chi connectivity index (χ0) is 15.7. The molecular formula is C14H19N3O3S2. The number of aromatic nitrogens is 2. The monoisotopic (exact) mass is 341 g/mol. The van der Waals surface area contributed by atoms with Gasteiger partial charge in [-0.3, -0.25) is 4.68 Å². The van der Waals surface area contributed by atoms with Gasteiger partial charge in [-0.1, -0.05) is 6.07 Å². The van der Waals surface area contributed by atoms with Crippen molar-refractivity contribution in [3.05, 3.63) is 23.7 Å². The van der Waals surface area contributed by atoms with Gasteiger partial charge in [-0.15, -0.1) is 11.3 Å². The van der Waals surface area contributed by atoms with Crippen molar-refractivity contribution in [2.75, 3.05) is 26.3 Å². The van der Waals surface area contributed by atoms with Crippen LogP contribution in [0.4, 0.5) is 0 Å². The minimum absolute atomic E-state index is 0.104. The van der Waals surface area contributed by atoms with Crippen molar-refractivity contribution in [2.45, 2.75) is 24.8 Å². The second-order valence-electron chi connectivity index (χ2n) is 5.41. The number of nitrogens with zero attached hydrogens (tertiary/aromatic N) is 3. The van der Waals surface area contributed by atoms with Gasteiger partial charge in [0.05, 0.1) is 18.1 Å². The summed E-state index contributed by atoms with van der Waals surface area (Å²) in [4.78, 5) is 1.15. The Morgan fingerprint density at radius 1 is 1.32 bits per heavy atom. The molecule has 0 spiro atoms. The molecule has 0 amide bonds. The van der Waals surface area contributed by atoms with E-state index in [1.165, 1.54) is 15.6 Å². The van der Waals surface area contributed by atoms with Crippen molar-refractivity contribution in [3.8, 4) is 10.6 Å². The van der Waals surface area contributed by atoms with Crippen molar-refractivity contribution in [1.29, 1.82) is 0 Å². The minimum atomic E-state index is -3.55. The third-order valence-electron chi connectivity index (χ3n) is 3.57. The molecular weight excluding hydrogens is 322 g/mol. The average molecular weight is 341 g/mol. The molecule has 1 saturated heterocycles. The summed E-state index contributed by atoms with van der Waals surface area (Å²) in [5.41, 5.74) is 0.537. The molecule has 0 atom stereocenters. The SMILES string of the molecule is CC(C)n1cc(S(=O)(=O)N2CCOCC2)c(-c2cccs2)n1. The first kappa shape index (κ1) is 15.7. The van der Waals surface area contributed by atoms with E-state index in [0.29, 0.717) is 32.0 Å². The highest BCUT2D eigenvalue weighted by Crippen LogP contribution is 2.32. The van der Waals surface area contributed by atoms with Crippen LogP contribution in [0.3, 0.4) is 0 Å². The Bertz CT molecular complexity index is 729. The molecule has 8 heteroatoms. The maximum absolute atomic E-state index is 13.0. The predicted molar refractivity (Wildman–Crippen MR) is 85.5 cm³/mol. The van der Waals surface area contributed by atoms with Gasteiger partial charge in [0.25, 0.3) is 0 Å². The van der Waals surface area contributed by atoms with Gasteiger partial charge < -0.3 is 4.74 Å². The zero-order valence-electron chi connectivity index (χ0n) is 12.6. The first-order valence-electron chi connectivity index (χ1n) is 7.21. The normalized spacial score (nSPS) is 17.2. The van der Waals surface area contributed by atoms with E-state index in [1.807, 2.05) is 31.4 Å². The zero-order valence-corrected chi connectivity index (χ0v) is 14.2. The van der Waals surface area contributed by atoms with Crippen LogP contribution in [0.2, 0.25) is 0 Å². The molecule has 1 aliphatic rings. The van der Waals surface area contributed by atoms with E-state index >= 15 is 0 Å². The number of hydrogen-bond donors (Lipinski definition) is 0. The smallest absolute Gasteiger partial charge is 0.247 e. The second kappa shape index (κ2) is 6.11. The van der Waals surface area contributed by atoms with E-state index < -0.39 is 10.0 Å². The van der Waals surface area contributed by atoms with Crippen LogP contribution in [0.25, 0.3) is 10.6 Å². The molecule has 120 valence electrons. The van der Waals surface area contributed by atoms with Gasteiger partial charge in [0.2, 0.25) is 10.0 Å². The summed E-state index contributed by atoms with van der Waals surface area (Å²) in [7, 11) is -3.55. The first-order chi connectivity index (χ1) is 10.5. The minimum Gasteiger partial charge on any atom is -0.379 e. The number of sulfonamides is 1. The van der Waals surface area contributed by atoms with Crippen LogP contribution >= 0.6 is 11.3 Å². The largest absolute Gasteiger partial charge is 0.379 e. The fourth-order valence-electron chi connectivity index (χ4n) is 2.34. The summed E-state index contributed by atoms with van der Waals surface area (Å²) in [5, 5.41) is 6.43. The summed E-state index contributed by atoms with van der Waals surface area (Å²) in [5.74, 6) is 0. The van der Waals surface area contributed by atoms with Crippen molar-refractivity contribution in [1.82, 2.24) is 14.1 Å². The van der Waals surface area contributed by atoms with Crippen molar-refractivity contribution < 1.29 is 13.2 Å². The van der Waals surface area contributed by atoms with Crippen LogP contribution in [-0.2, 0) is 14.8 Å². The van der Waals surface area contributed by atoms with E-state index in [0.717, 1.165) is 4.88 Å². The fourth-order valence-corrected chi connectivity index (χ4v) is 4.67. The molecule has 0 bridgehead atoms. The van der Waals surface area contributed by atoms with Crippen molar-refractivity contribution >= 4 is 21.4 Å². The quantitative estimate of drug-likeness (QED) is 0.855. The van der Waals surface area contributed by atoms with E-state index in [2.05, 4.69) is 5.10 Å². The highest BCUT2D eigenvalue weighted by Gasteiger charge is 2.31. The fraction of sp³-hybridized carbons (Fsp3) is 0.500. The third kappa shape index (κ3) is 2.83. The van der Waals surface area contributed by atoms with Gasteiger partial charge in [-0.25, -0.2) is 8.42 Å². The number of hydrogen-bond acceptors (Lipinski definition) is 5. The third-order valence-corrected chi connectivity index (χ3v) is 6.35. The van der Waals surface area contributed by atoms with Crippen molar-refractivity contribution in [3.63, 3.8) is 0 Å². The van der Waals surface area contributed by atoms with Gasteiger partial charge >= 0.3 is 0 Å². The van der Waals surface area contributed by atoms with Crippen LogP contribution in [-0.4, -0.2) is 48.8 Å². The Morgan fingerprint density at radius 2 is 2.05 bits per heavy atom. The molecule has 3 rings (SSSR count). The number of rotatable bonds is 4. The van der Waals surface area contributed by atoms with E-state index in [1.54, 1.807) is 10.9 Å². The average Bonchev–Trinajstić information content (AvgIpc) is 3.17. The lowest BCUT2D eigenvalue weighted by atomic mass is 10.3. The van der Waals surface area contributed by atoms with Gasteiger partial charge in [-0.2, -0.15) is 9.40 Å². The lowest BCUT2D eigenvalue weighted by Crippen LogP contribution is -2.40. The highest BCUT2D eigenvalue weighted by atomic mass is 32.2. The summed E-state index contributed by atoms with van der Waals surface area (Å²) in [6.07, 6.45) is 1.64.